The van der Waals surface area contributed by atoms with E-state index < -0.39 is 0 Å². The van der Waals surface area contributed by atoms with Gasteiger partial charge in [-0.15, -0.1) is 0 Å². The van der Waals surface area contributed by atoms with Crippen molar-refractivity contribution in [1.29, 1.82) is 0 Å². The summed E-state index contributed by atoms with van der Waals surface area (Å²) in [6.45, 7) is 7.76. The van der Waals surface area contributed by atoms with Crippen molar-refractivity contribution in [3.8, 4) is 0 Å². The summed E-state index contributed by atoms with van der Waals surface area (Å²) >= 11 is 1.50. The highest BCUT2D eigenvalue weighted by atomic mass is 32.1. The van der Waals surface area contributed by atoms with Crippen molar-refractivity contribution in [3.05, 3.63) is 87.1 Å². The monoisotopic (exact) mass is 422 g/mol. The summed E-state index contributed by atoms with van der Waals surface area (Å²) in [4.78, 5) is 21.4. The molecule has 0 N–H and O–H groups in total. The van der Waals surface area contributed by atoms with Crippen molar-refractivity contribution in [2.45, 2.75) is 51.9 Å². The van der Waals surface area contributed by atoms with Gasteiger partial charge in [0.15, 0.2) is 0 Å². The Morgan fingerprint density at radius 3 is 2.07 bits per heavy atom. The molecule has 0 aliphatic carbocycles. The molecule has 0 atom stereocenters. The smallest absolute Gasteiger partial charge is 0.299 e. The molecule has 0 spiro atoms. The number of benzene rings is 2. The third-order valence-corrected chi connectivity index (χ3v) is 6.85. The Morgan fingerprint density at radius 2 is 1.50 bits per heavy atom. The number of rotatable bonds is 6. The number of hydrogen-bond donors (Lipinski definition) is 0. The Kier molecular flexibility index (Phi) is 6.65. The van der Waals surface area contributed by atoms with Gasteiger partial charge in [-0.1, -0.05) is 60.7 Å². The average Bonchev–Trinajstić information content (AvgIpc) is 3.07. The van der Waals surface area contributed by atoms with Gasteiger partial charge in [0.2, 0.25) is 4.80 Å². The predicted molar refractivity (Wildman–Crippen MR) is 123 cm³/mol. The van der Waals surface area contributed by atoms with Gasteiger partial charge in [0.25, 0.3) is 0 Å². The first-order valence-corrected chi connectivity index (χ1v) is 11.5. The van der Waals surface area contributed by atoms with Crippen molar-refractivity contribution in [1.82, 2.24) is 13.4 Å². The lowest BCUT2D eigenvalue weighted by Crippen LogP contribution is -2.36. The molecule has 1 fully saturated rings. The van der Waals surface area contributed by atoms with Crippen molar-refractivity contribution in [2.24, 2.45) is 4.99 Å². The first-order chi connectivity index (χ1) is 14.6. The lowest BCUT2D eigenvalue weighted by atomic mass is 10.1. The largest absolute Gasteiger partial charge is 0.340 e. The summed E-state index contributed by atoms with van der Waals surface area (Å²) in [5, 5.41) is 0. The van der Waals surface area contributed by atoms with E-state index in [2.05, 4.69) is 61.2 Å². The first-order valence-electron chi connectivity index (χ1n) is 10.8. The minimum Gasteiger partial charge on any atom is -0.299 e. The third-order valence-electron chi connectivity index (χ3n) is 5.58. The normalized spacial score (nSPS) is 16.4. The summed E-state index contributed by atoms with van der Waals surface area (Å²) in [6, 6.07) is 21.2. The van der Waals surface area contributed by atoms with Gasteiger partial charge in [-0.25, -0.2) is 8.75 Å². The fourth-order valence-corrected chi connectivity index (χ4v) is 4.90. The van der Waals surface area contributed by atoms with E-state index >= 15 is 0 Å². The van der Waals surface area contributed by atoms with Crippen LogP contribution in [0.2, 0.25) is 0 Å². The highest BCUT2D eigenvalue weighted by molar-refractivity contribution is 7.03. The van der Waals surface area contributed by atoms with Crippen LogP contribution < -0.4 is 10.5 Å². The third kappa shape index (κ3) is 4.99. The molecule has 2 aromatic carbocycles. The summed E-state index contributed by atoms with van der Waals surface area (Å²) in [5.74, 6) is 0. The summed E-state index contributed by atoms with van der Waals surface area (Å²) in [7, 11) is 0. The van der Waals surface area contributed by atoms with Gasteiger partial charge >= 0.3 is 5.69 Å². The van der Waals surface area contributed by atoms with Crippen LogP contribution in [-0.4, -0.2) is 32.6 Å². The minimum atomic E-state index is 0.0408. The highest BCUT2D eigenvalue weighted by Gasteiger charge is 2.20. The van der Waals surface area contributed by atoms with Crippen molar-refractivity contribution in [2.75, 3.05) is 13.1 Å². The van der Waals surface area contributed by atoms with Crippen molar-refractivity contribution in [3.63, 3.8) is 0 Å². The average molecular weight is 423 g/mol. The van der Waals surface area contributed by atoms with Gasteiger partial charge in [-0.05, 0) is 49.3 Å². The molecule has 1 aliphatic rings. The van der Waals surface area contributed by atoms with Crippen LogP contribution in [0.15, 0.2) is 70.5 Å². The van der Waals surface area contributed by atoms with E-state index in [0.717, 1.165) is 42.8 Å². The van der Waals surface area contributed by atoms with Crippen LogP contribution in [0.4, 0.5) is 0 Å². The number of aromatic nitrogens is 2. The number of hydrogen-bond acceptors (Lipinski definition) is 4. The quantitative estimate of drug-likeness (QED) is 0.605. The zero-order chi connectivity index (χ0) is 20.9. The van der Waals surface area contributed by atoms with E-state index in [-0.39, 0.29) is 17.8 Å². The molecule has 3 aromatic rings. The maximum Gasteiger partial charge on any atom is 0.340 e. The molecule has 4 rings (SSSR count). The molecular weight excluding hydrogens is 392 g/mol. The second-order valence-electron chi connectivity index (χ2n) is 8.27. The van der Waals surface area contributed by atoms with Crippen molar-refractivity contribution >= 4 is 11.5 Å². The molecule has 0 saturated carbocycles. The van der Waals surface area contributed by atoms with E-state index in [4.69, 9.17) is 4.99 Å². The van der Waals surface area contributed by atoms with Gasteiger partial charge in [0, 0.05) is 25.7 Å². The summed E-state index contributed by atoms with van der Waals surface area (Å²) in [6.07, 6.45) is 2.07. The maximum atomic E-state index is 13.0. The van der Waals surface area contributed by atoms with Crippen LogP contribution in [0.5, 0.6) is 0 Å². The van der Waals surface area contributed by atoms with Gasteiger partial charge in [0.1, 0.15) is 0 Å². The number of nitrogens with zero attached hydrogens (tertiary/aromatic N) is 4. The molecule has 0 bridgehead atoms. The lowest BCUT2D eigenvalue weighted by Gasteiger charge is -2.30. The molecule has 30 heavy (non-hydrogen) atoms. The summed E-state index contributed by atoms with van der Waals surface area (Å²) in [5.41, 5.74) is 2.53. The van der Waals surface area contributed by atoms with Crippen LogP contribution in [0.1, 0.15) is 43.9 Å². The van der Waals surface area contributed by atoms with Gasteiger partial charge in [-0.3, -0.25) is 14.5 Å². The molecule has 1 aliphatic heterocycles. The fraction of sp³-hybridized carbons (Fsp3) is 0.417. The predicted octanol–water partition coefficient (Wildman–Crippen LogP) is 3.91. The van der Waals surface area contributed by atoms with E-state index in [1.165, 1.54) is 17.1 Å². The second-order valence-corrected chi connectivity index (χ2v) is 9.21. The summed E-state index contributed by atoms with van der Waals surface area (Å²) < 4.78 is 3.68. The van der Waals surface area contributed by atoms with E-state index in [9.17, 15) is 4.79 Å². The van der Waals surface area contributed by atoms with Crippen molar-refractivity contribution < 1.29 is 0 Å². The van der Waals surface area contributed by atoms with Crippen LogP contribution in [0.25, 0.3) is 0 Å². The molecule has 158 valence electrons. The first kappa shape index (κ1) is 20.8. The molecule has 6 heteroatoms. The van der Waals surface area contributed by atoms with Gasteiger partial charge < -0.3 is 0 Å². The Labute approximate surface area is 182 Å². The van der Waals surface area contributed by atoms with Crippen LogP contribution in [0, 0.1) is 0 Å². The molecule has 5 nitrogen and oxygen atoms in total. The Morgan fingerprint density at radius 1 is 0.933 bits per heavy atom. The van der Waals surface area contributed by atoms with E-state index in [1.54, 1.807) is 0 Å². The SMILES string of the molecule is CC(C)n1sc(=NC2CCN(Cc3ccccc3)CC2)n(Cc2ccccc2)c1=O. The number of likely N-dealkylation sites (tertiary alicyclic amines) is 1. The molecular formula is C24H30N4OS. The molecule has 2 heterocycles. The molecule has 1 saturated heterocycles. The highest BCUT2D eigenvalue weighted by Crippen LogP contribution is 2.16. The van der Waals surface area contributed by atoms with E-state index in [0.29, 0.717) is 6.54 Å². The lowest BCUT2D eigenvalue weighted by molar-refractivity contribution is 0.205. The Balaban J connectivity index is 1.52. The van der Waals surface area contributed by atoms with Crippen LogP contribution in [-0.2, 0) is 13.1 Å². The van der Waals surface area contributed by atoms with Crippen LogP contribution in [0.3, 0.4) is 0 Å². The van der Waals surface area contributed by atoms with Crippen LogP contribution >= 0.6 is 11.5 Å². The fourth-order valence-electron chi connectivity index (χ4n) is 3.90. The zero-order valence-corrected chi connectivity index (χ0v) is 18.6. The number of piperidine rings is 1. The van der Waals surface area contributed by atoms with Gasteiger partial charge in [-0.2, -0.15) is 0 Å². The molecule has 0 amide bonds. The molecule has 0 unspecified atom stereocenters. The second kappa shape index (κ2) is 9.58. The zero-order valence-electron chi connectivity index (χ0n) is 17.8. The Hall–Kier alpha value is -2.44. The molecule has 1 aromatic heterocycles. The maximum absolute atomic E-state index is 13.0. The van der Waals surface area contributed by atoms with Gasteiger partial charge in [0.05, 0.1) is 12.6 Å². The Bertz CT molecular complexity index is 1060. The van der Waals surface area contributed by atoms with E-state index in [1.807, 2.05) is 26.7 Å². The molecule has 0 radical (unpaired) electrons. The minimum absolute atomic E-state index is 0.0408. The standard InChI is InChI=1S/C24H30N4OS/c1-19(2)28-24(29)27(18-21-11-7-4-8-12-21)23(30-28)25-22-13-15-26(16-14-22)17-20-9-5-3-6-10-20/h3-12,19,22H,13-18H2,1-2H3. The topological polar surface area (TPSA) is 42.5 Å².